The van der Waals surface area contributed by atoms with Crippen LogP contribution in [0.4, 0.5) is 0 Å². The summed E-state index contributed by atoms with van der Waals surface area (Å²) in [6.07, 6.45) is 10.1. The van der Waals surface area contributed by atoms with Crippen LogP contribution in [0.2, 0.25) is 5.02 Å². The number of nitrogens with one attached hydrogen (secondary N) is 1. The Balaban J connectivity index is 1.51. The number of carbonyl (C=O) groups is 1. The maximum atomic E-state index is 13.4. The van der Waals surface area contributed by atoms with Crippen LogP contribution in [-0.4, -0.2) is 33.4 Å². The number of amides is 1. The summed E-state index contributed by atoms with van der Waals surface area (Å²) < 4.78 is 0.981. The number of halogens is 2. The van der Waals surface area contributed by atoms with Crippen molar-refractivity contribution in [1.29, 1.82) is 0 Å². The van der Waals surface area contributed by atoms with Crippen molar-refractivity contribution in [2.24, 2.45) is 0 Å². The minimum absolute atomic E-state index is 0.0696. The highest BCUT2D eigenvalue weighted by Gasteiger charge is 2.38. The Morgan fingerprint density at radius 2 is 1.94 bits per heavy atom. The highest BCUT2D eigenvalue weighted by Crippen LogP contribution is 2.40. The molecule has 1 aliphatic carbocycles. The number of piperidine rings is 1. The lowest BCUT2D eigenvalue weighted by molar-refractivity contribution is -0.128. The quantitative estimate of drug-likeness (QED) is 0.505. The topological polar surface area (TPSA) is 58.1 Å². The van der Waals surface area contributed by atoms with Crippen LogP contribution in [0.25, 0.3) is 0 Å². The summed E-state index contributed by atoms with van der Waals surface area (Å²) in [5.41, 5.74) is 5.77. The van der Waals surface area contributed by atoms with Crippen molar-refractivity contribution >= 4 is 33.4 Å². The van der Waals surface area contributed by atoms with Gasteiger partial charge in [0.05, 0.1) is 17.8 Å². The number of pyridine rings is 2. The molecule has 2 aromatic heterocycles. The van der Waals surface area contributed by atoms with Gasteiger partial charge >= 0.3 is 0 Å². The van der Waals surface area contributed by atoms with Gasteiger partial charge in [-0.2, -0.15) is 0 Å². The third-order valence-corrected chi connectivity index (χ3v) is 7.35. The molecule has 0 radical (unpaired) electrons. The van der Waals surface area contributed by atoms with E-state index in [2.05, 4.69) is 49.3 Å². The number of hydrogen-bond acceptors (Lipinski definition) is 4. The fourth-order valence-corrected chi connectivity index (χ4v) is 5.67. The molecule has 1 saturated heterocycles. The number of benzene rings is 1. The summed E-state index contributed by atoms with van der Waals surface area (Å²) in [5.74, 6) is 0.0740. The predicted molar refractivity (Wildman–Crippen MR) is 133 cm³/mol. The molecule has 2 atom stereocenters. The summed E-state index contributed by atoms with van der Waals surface area (Å²) in [4.78, 5) is 24.7. The zero-order valence-corrected chi connectivity index (χ0v) is 20.6. The fourth-order valence-electron chi connectivity index (χ4n) is 5.10. The van der Waals surface area contributed by atoms with Gasteiger partial charge in [-0.05, 0) is 101 Å². The summed E-state index contributed by atoms with van der Waals surface area (Å²) >= 11 is 9.96. The first kappa shape index (κ1) is 22.5. The van der Waals surface area contributed by atoms with Gasteiger partial charge in [0.25, 0.3) is 0 Å². The van der Waals surface area contributed by atoms with E-state index in [0.29, 0.717) is 6.54 Å². The van der Waals surface area contributed by atoms with Crippen LogP contribution in [0.15, 0.2) is 59.5 Å². The molecule has 1 amide bonds. The first-order valence-electron chi connectivity index (χ1n) is 11.4. The number of carbonyl (C=O) groups excluding carboxylic acids is 1. The summed E-state index contributed by atoms with van der Waals surface area (Å²) in [5, 5.41) is 3.91. The van der Waals surface area contributed by atoms with Crippen molar-refractivity contribution in [3.8, 4) is 0 Å². The molecule has 1 unspecified atom stereocenters. The Labute approximate surface area is 207 Å². The van der Waals surface area contributed by atoms with Crippen molar-refractivity contribution < 1.29 is 4.79 Å². The van der Waals surface area contributed by atoms with Gasteiger partial charge in [-0.3, -0.25) is 19.7 Å². The van der Waals surface area contributed by atoms with Crippen LogP contribution in [0.3, 0.4) is 0 Å². The van der Waals surface area contributed by atoms with E-state index in [1.807, 2.05) is 24.4 Å². The van der Waals surface area contributed by atoms with Crippen molar-refractivity contribution in [3.63, 3.8) is 0 Å². The number of fused-ring (bicyclic) bond motifs is 2. The van der Waals surface area contributed by atoms with Gasteiger partial charge in [-0.25, -0.2) is 0 Å². The molecule has 1 aliphatic heterocycles. The average Bonchev–Trinajstić information content (AvgIpc) is 2.99. The first-order valence-corrected chi connectivity index (χ1v) is 12.6. The molecule has 0 spiro atoms. The second kappa shape index (κ2) is 9.92. The first-order chi connectivity index (χ1) is 16.1. The average molecular weight is 526 g/mol. The molecule has 3 aromatic rings. The molecular weight excluding hydrogens is 500 g/mol. The summed E-state index contributed by atoms with van der Waals surface area (Å²) in [6, 6.07) is 11.9. The van der Waals surface area contributed by atoms with Gasteiger partial charge in [-0.15, -0.1) is 0 Å². The Hall–Kier alpha value is -2.28. The Bertz CT molecular complexity index is 1100. The molecule has 0 saturated carbocycles. The Morgan fingerprint density at radius 3 is 2.79 bits per heavy atom. The number of rotatable bonds is 4. The van der Waals surface area contributed by atoms with Gasteiger partial charge in [0.1, 0.15) is 0 Å². The number of nitrogens with zero attached hydrogens (tertiary/aromatic N) is 3. The monoisotopic (exact) mass is 524 g/mol. The molecule has 1 N–H and O–H groups in total. The largest absolute Gasteiger partial charge is 0.351 e. The number of aromatic nitrogens is 2. The SMILES string of the molecule is O=C(NCc1ccncc1)[C@@H]1CCCCN1C1c2ccc(Cl)cc2CCc2cc(Br)cnc21. The molecule has 1 fully saturated rings. The Morgan fingerprint density at radius 1 is 1.12 bits per heavy atom. The molecule has 5 nitrogen and oxygen atoms in total. The third kappa shape index (κ3) is 4.84. The van der Waals surface area contributed by atoms with Gasteiger partial charge in [0, 0.05) is 34.6 Å². The maximum absolute atomic E-state index is 13.4. The summed E-state index contributed by atoms with van der Waals surface area (Å²) in [7, 11) is 0. The molecule has 7 heteroatoms. The number of hydrogen-bond donors (Lipinski definition) is 1. The van der Waals surface area contributed by atoms with Crippen LogP contribution >= 0.6 is 27.5 Å². The fraction of sp³-hybridized carbons (Fsp3) is 0.346. The molecule has 33 heavy (non-hydrogen) atoms. The van der Waals surface area contributed by atoms with Crippen molar-refractivity contribution in [3.05, 3.63) is 92.4 Å². The maximum Gasteiger partial charge on any atom is 0.237 e. The highest BCUT2D eigenvalue weighted by atomic mass is 79.9. The Kier molecular flexibility index (Phi) is 6.76. The van der Waals surface area contributed by atoms with E-state index in [1.54, 1.807) is 12.4 Å². The van der Waals surface area contributed by atoms with Crippen molar-refractivity contribution in [1.82, 2.24) is 20.2 Å². The van der Waals surface area contributed by atoms with E-state index < -0.39 is 0 Å². The van der Waals surface area contributed by atoms with Crippen molar-refractivity contribution in [2.45, 2.75) is 50.7 Å². The normalized spacial score (nSPS) is 20.4. The lowest BCUT2D eigenvalue weighted by atomic mass is 9.91. The zero-order chi connectivity index (χ0) is 22.8. The molecule has 1 aromatic carbocycles. The van der Waals surface area contributed by atoms with Crippen LogP contribution in [0.5, 0.6) is 0 Å². The lowest BCUT2D eigenvalue weighted by Crippen LogP contribution is -2.51. The predicted octanol–water partition coefficient (Wildman–Crippen LogP) is 5.25. The van der Waals surface area contributed by atoms with Crippen LogP contribution in [-0.2, 0) is 24.2 Å². The molecule has 2 aliphatic rings. The van der Waals surface area contributed by atoms with Gasteiger partial charge in [0.15, 0.2) is 0 Å². The minimum Gasteiger partial charge on any atom is -0.351 e. The van der Waals surface area contributed by atoms with Crippen LogP contribution in [0, 0.1) is 0 Å². The molecule has 5 rings (SSSR count). The smallest absolute Gasteiger partial charge is 0.237 e. The second-order valence-corrected chi connectivity index (χ2v) is 10.1. The third-order valence-electron chi connectivity index (χ3n) is 6.68. The van der Waals surface area contributed by atoms with E-state index in [4.69, 9.17) is 16.6 Å². The van der Waals surface area contributed by atoms with Crippen LogP contribution in [0.1, 0.15) is 53.3 Å². The van der Waals surface area contributed by atoms with E-state index in [0.717, 1.165) is 59.4 Å². The molecule has 3 heterocycles. The molecule has 170 valence electrons. The molecular formula is C26H26BrClN4O. The van der Waals surface area contributed by atoms with Crippen LogP contribution < -0.4 is 5.32 Å². The number of aryl methyl sites for hydroxylation is 2. The van der Waals surface area contributed by atoms with E-state index in [-0.39, 0.29) is 18.0 Å². The van der Waals surface area contributed by atoms with Gasteiger partial charge in [-0.1, -0.05) is 24.1 Å². The van der Waals surface area contributed by atoms with Gasteiger partial charge in [0.2, 0.25) is 5.91 Å². The lowest BCUT2D eigenvalue weighted by Gasteiger charge is -2.41. The summed E-state index contributed by atoms with van der Waals surface area (Å²) in [6.45, 7) is 1.36. The van der Waals surface area contributed by atoms with Gasteiger partial charge < -0.3 is 5.32 Å². The van der Waals surface area contributed by atoms with E-state index in [1.165, 1.54) is 16.7 Å². The van der Waals surface area contributed by atoms with E-state index >= 15 is 0 Å². The minimum atomic E-state index is -0.203. The highest BCUT2D eigenvalue weighted by molar-refractivity contribution is 9.10. The molecule has 0 bridgehead atoms. The zero-order valence-electron chi connectivity index (χ0n) is 18.3. The second-order valence-electron chi connectivity index (χ2n) is 8.77. The van der Waals surface area contributed by atoms with E-state index in [9.17, 15) is 4.79 Å². The standard InChI is InChI=1S/C26H26BrClN4O/c27-20-13-19-5-4-18-14-21(28)6-7-22(18)25(24(19)30-16-20)32-12-2-1-3-23(32)26(33)31-15-17-8-10-29-11-9-17/h6-11,13-14,16,23,25H,1-5,12,15H2,(H,31,33)/t23-,25?/m0/s1. The van der Waals surface area contributed by atoms with Crippen molar-refractivity contribution in [2.75, 3.05) is 6.54 Å². The number of likely N-dealkylation sites (tertiary alicyclic amines) is 1.